The van der Waals surface area contributed by atoms with Crippen LogP contribution in [-0.2, 0) is 10.0 Å². The summed E-state index contributed by atoms with van der Waals surface area (Å²) in [6, 6.07) is 1.92. The van der Waals surface area contributed by atoms with Crippen LogP contribution >= 0.6 is 0 Å². The average Bonchev–Trinajstić information content (AvgIpc) is 2.24. The van der Waals surface area contributed by atoms with Crippen LogP contribution < -0.4 is 9.88 Å². The molecule has 1 aliphatic heterocycles. The summed E-state index contributed by atoms with van der Waals surface area (Å²) in [5, 5.41) is 5.02. The van der Waals surface area contributed by atoms with Crippen LogP contribution in [0.2, 0.25) is 0 Å². The van der Waals surface area contributed by atoms with Crippen molar-refractivity contribution in [1.82, 2.24) is 0 Å². The second-order valence-electron chi connectivity index (χ2n) is 4.53. The SMILES string of the molecule is C[C@H]1COc2cc(F)c(F)cc2C1CS(N)(=O)=O. The van der Waals surface area contributed by atoms with Crippen molar-refractivity contribution in [3.05, 3.63) is 29.3 Å². The van der Waals surface area contributed by atoms with E-state index in [1.165, 1.54) is 0 Å². The Morgan fingerprint density at radius 1 is 1.39 bits per heavy atom. The molecule has 1 aromatic rings. The summed E-state index contributed by atoms with van der Waals surface area (Å²) < 4.78 is 53.9. The molecule has 100 valence electrons. The fraction of sp³-hybridized carbons (Fsp3) is 0.455. The third-order valence-electron chi connectivity index (χ3n) is 3.05. The van der Waals surface area contributed by atoms with E-state index >= 15 is 0 Å². The van der Waals surface area contributed by atoms with Gasteiger partial charge in [-0.05, 0) is 12.0 Å². The molecule has 1 unspecified atom stereocenters. The van der Waals surface area contributed by atoms with Gasteiger partial charge in [-0.3, -0.25) is 0 Å². The molecule has 0 radical (unpaired) electrons. The van der Waals surface area contributed by atoms with Crippen molar-refractivity contribution in [2.24, 2.45) is 11.1 Å². The van der Waals surface area contributed by atoms with Crippen molar-refractivity contribution >= 4 is 10.0 Å². The lowest BCUT2D eigenvalue weighted by atomic mass is 9.86. The van der Waals surface area contributed by atoms with Crippen molar-refractivity contribution in [3.8, 4) is 5.75 Å². The Hall–Kier alpha value is -1.21. The van der Waals surface area contributed by atoms with Crippen LogP contribution in [0, 0.1) is 17.6 Å². The fourth-order valence-electron chi connectivity index (χ4n) is 2.11. The normalized spacial score (nSPS) is 23.3. The highest BCUT2D eigenvalue weighted by atomic mass is 32.2. The lowest BCUT2D eigenvalue weighted by Gasteiger charge is -2.31. The monoisotopic (exact) mass is 277 g/mol. The second-order valence-corrected chi connectivity index (χ2v) is 6.19. The van der Waals surface area contributed by atoms with Crippen molar-refractivity contribution in [2.45, 2.75) is 12.8 Å². The number of hydrogen-bond acceptors (Lipinski definition) is 3. The molecule has 0 saturated heterocycles. The molecule has 7 heteroatoms. The highest BCUT2D eigenvalue weighted by Gasteiger charge is 2.32. The van der Waals surface area contributed by atoms with E-state index in [1.54, 1.807) is 6.92 Å². The van der Waals surface area contributed by atoms with E-state index in [0.717, 1.165) is 12.1 Å². The van der Waals surface area contributed by atoms with Crippen molar-refractivity contribution in [2.75, 3.05) is 12.4 Å². The number of sulfonamides is 1. The van der Waals surface area contributed by atoms with Gasteiger partial charge < -0.3 is 4.74 Å². The smallest absolute Gasteiger partial charge is 0.209 e. The Labute approximate surface area is 104 Å². The topological polar surface area (TPSA) is 69.4 Å². The molecular formula is C11H13F2NO3S. The highest BCUT2D eigenvalue weighted by Crippen LogP contribution is 2.38. The Morgan fingerprint density at radius 2 is 2.00 bits per heavy atom. The third-order valence-corrected chi connectivity index (χ3v) is 3.88. The first-order chi connectivity index (χ1) is 8.28. The van der Waals surface area contributed by atoms with Crippen molar-refractivity contribution < 1.29 is 21.9 Å². The zero-order chi connectivity index (χ0) is 13.5. The van der Waals surface area contributed by atoms with Crippen LogP contribution in [0.5, 0.6) is 5.75 Å². The molecule has 0 saturated carbocycles. The zero-order valence-corrected chi connectivity index (χ0v) is 10.5. The molecule has 0 aliphatic carbocycles. The van der Waals surface area contributed by atoms with Crippen molar-refractivity contribution in [1.29, 1.82) is 0 Å². The number of ether oxygens (including phenoxy) is 1. The molecule has 0 bridgehead atoms. The number of rotatable bonds is 2. The minimum Gasteiger partial charge on any atom is -0.493 e. The quantitative estimate of drug-likeness (QED) is 0.887. The van der Waals surface area contributed by atoms with Gasteiger partial charge in [-0.25, -0.2) is 22.3 Å². The molecule has 0 spiro atoms. The van der Waals surface area contributed by atoms with Gasteiger partial charge in [0, 0.05) is 17.5 Å². The Bertz CT molecular complexity index is 574. The maximum Gasteiger partial charge on any atom is 0.209 e. The van der Waals surface area contributed by atoms with Gasteiger partial charge >= 0.3 is 0 Å². The predicted molar refractivity (Wildman–Crippen MR) is 61.7 cm³/mol. The summed E-state index contributed by atoms with van der Waals surface area (Å²) >= 11 is 0. The minimum atomic E-state index is -3.69. The molecular weight excluding hydrogens is 264 g/mol. The van der Waals surface area contributed by atoms with E-state index in [4.69, 9.17) is 9.88 Å². The highest BCUT2D eigenvalue weighted by molar-refractivity contribution is 7.89. The van der Waals surface area contributed by atoms with Crippen LogP contribution in [0.15, 0.2) is 12.1 Å². The van der Waals surface area contributed by atoms with Gasteiger partial charge in [0.15, 0.2) is 11.6 Å². The number of fused-ring (bicyclic) bond motifs is 1. The minimum absolute atomic E-state index is 0.138. The van der Waals surface area contributed by atoms with E-state index in [0.29, 0.717) is 5.56 Å². The Kier molecular flexibility index (Phi) is 3.29. The molecule has 0 amide bonds. The first kappa shape index (κ1) is 13.2. The summed E-state index contributed by atoms with van der Waals surface area (Å²) in [4.78, 5) is 0. The van der Waals surface area contributed by atoms with Gasteiger partial charge in [0.05, 0.1) is 12.4 Å². The van der Waals surface area contributed by atoms with E-state index in [2.05, 4.69) is 0 Å². The van der Waals surface area contributed by atoms with Gasteiger partial charge in [0.25, 0.3) is 0 Å². The zero-order valence-electron chi connectivity index (χ0n) is 9.69. The number of hydrogen-bond donors (Lipinski definition) is 1. The van der Waals surface area contributed by atoms with Gasteiger partial charge in [-0.15, -0.1) is 0 Å². The number of primary sulfonamides is 1. The first-order valence-electron chi connectivity index (χ1n) is 5.40. The van der Waals surface area contributed by atoms with E-state index in [9.17, 15) is 17.2 Å². The lowest BCUT2D eigenvalue weighted by Crippen LogP contribution is -2.31. The summed E-state index contributed by atoms with van der Waals surface area (Å²) in [7, 11) is -3.69. The predicted octanol–water partition coefficient (Wildman–Crippen LogP) is 1.37. The molecule has 1 aliphatic rings. The first-order valence-corrected chi connectivity index (χ1v) is 7.11. The molecule has 0 aromatic heterocycles. The largest absolute Gasteiger partial charge is 0.493 e. The van der Waals surface area contributed by atoms with E-state index in [-0.39, 0.29) is 24.0 Å². The van der Waals surface area contributed by atoms with Gasteiger partial charge in [0.2, 0.25) is 10.0 Å². The standard InChI is InChI=1S/C11H13F2NO3S/c1-6-4-17-11-3-10(13)9(12)2-7(11)8(6)5-18(14,15)16/h2-3,6,8H,4-5H2,1H3,(H2,14,15,16)/t6-,8?/m0/s1. The molecule has 1 heterocycles. The molecule has 4 nitrogen and oxygen atoms in total. The van der Waals surface area contributed by atoms with Crippen LogP contribution in [0.4, 0.5) is 8.78 Å². The number of benzene rings is 1. The maximum atomic E-state index is 13.2. The Balaban J connectivity index is 2.47. The number of nitrogens with two attached hydrogens (primary N) is 1. The molecule has 2 atom stereocenters. The van der Waals surface area contributed by atoms with E-state index in [1.807, 2.05) is 0 Å². The van der Waals surface area contributed by atoms with Gasteiger partial charge in [-0.1, -0.05) is 6.92 Å². The van der Waals surface area contributed by atoms with Crippen LogP contribution in [0.25, 0.3) is 0 Å². The van der Waals surface area contributed by atoms with E-state index < -0.39 is 27.6 Å². The molecule has 1 aromatic carbocycles. The molecule has 2 rings (SSSR count). The lowest BCUT2D eigenvalue weighted by molar-refractivity contribution is 0.210. The van der Waals surface area contributed by atoms with Gasteiger partial charge in [0.1, 0.15) is 5.75 Å². The maximum absolute atomic E-state index is 13.2. The summed E-state index contributed by atoms with van der Waals surface area (Å²) in [5.41, 5.74) is 0.349. The number of halogens is 2. The van der Waals surface area contributed by atoms with Crippen molar-refractivity contribution in [3.63, 3.8) is 0 Å². The molecule has 18 heavy (non-hydrogen) atoms. The summed E-state index contributed by atoms with van der Waals surface area (Å²) in [6.45, 7) is 2.03. The molecule has 0 fully saturated rings. The summed E-state index contributed by atoms with van der Waals surface area (Å²) in [6.07, 6.45) is 0. The second kappa shape index (κ2) is 4.47. The van der Waals surface area contributed by atoms with Crippen LogP contribution in [0.1, 0.15) is 18.4 Å². The molecule has 2 N–H and O–H groups in total. The van der Waals surface area contributed by atoms with Gasteiger partial charge in [-0.2, -0.15) is 0 Å². The van der Waals surface area contributed by atoms with Crippen LogP contribution in [0.3, 0.4) is 0 Å². The fourth-order valence-corrected chi connectivity index (χ4v) is 3.12. The average molecular weight is 277 g/mol. The van der Waals surface area contributed by atoms with Crippen LogP contribution in [-0.4, -0.2) is 20.8 Å². The Morgan fingerprint density at radius 3 is 2.61 bits per heavy atom. The summed E-state index contributed by atoms with van der Waals surface area (Å²) in [5.74, 6) is -2.79. The third kappa shape index (κ3) is 2.62.